The molecule has 2 rings (SSSR count). The van der Waals surface area contributed by atoms with Gasteiger partial charge in [-0.3, -0.25) is 0 Å². The standard InChI is InChI=1S/C17H26ClNO/c1-12(2)13-5-4-8-17(19,10-13)11-14-9-15(18)6-7-16(14)20-3/h6-7,9,12-13H,4-5,8,10-11,19H2,1-3H3. The third-order valence-corrected chi connectivity index (χ3v) is 4.88. The summed E-state index contributed by atoms with van der Waals surface area (Å²) in [7, 11) is 1.70. The van der Waals surface area contributed by atoms with Crippen LogP contribution in [0.5, 0.6) is 5.75 Å². The van der Waals surface area contributed by atoms with Crippen LogP contribution in [-0.4, -0.2) is 12.6 Å². The van der Waals surface area contributed by atoms with Crippen molar-refractivity contribution >= 4 is 11.6 Å². The molecule has 2 unspecified atom stereocenters. The maximum atomic E-state index is 6.69. The minimum Gasteiger partial charge on any atom is -0.496 e. The summed E-state index contributed by atoms with van der Waals surface area (Å²) in [5.41, 5.74) is 7.71. The van der Waals surface area contributed by atoms with Crippen molar-refractivity contribution in [2.45, 2.75) is 51.5 Å². The van der Waals surface area contributed by atoms with E-state index in [-0.39, 0.29) is 5.54 Å². The molecule has 0 aliphatic heterocycles. The first-order valence-corrected chi connectivity index (χ1v) is 7.92. The fraction of sp³-hybridized carbons (Fsp3) is 0.647. The Bertz CT molecular complexity index is 460. The third kappa shape index (κ3) is 3.67. The number of rotatable bonds is 4. The molecule has 1 fully saturated rings. The highest BCUT2D eigenvalue weighted by Crippen LogP contribution is 2.38. The van der Waals surface area contributed by atoms with E-state index in [9.17, 15) is 0 Å². The van der Waals surface area contributed by atoms with Crippen molar-refractivity contribution in [2.75, 3.05) is 7.11 Å². The summed E-state index contributed by atoms with van der Waals surface area (Å²) >= 11 is 6.12. The zero-order valence-electron chi connectivity index (χ0n) is 12.8. The lowest BCUT2D eigenvalue weighted by Gasteiger charge is -2.40. The van der Waals surface area contributed by atoms with Crippen molar-refractivity contribution in [3.63, 3.8) is 0 Å². The first-order chi connectivity index (χ1) is 9.43. The summed E-state index contributed by atoms with van der Waals surface area (Å²) in [6.07, 6.45) is 5.57. The molecule has 0 amide bonds. The topological polar surface area (TPSA) is 35.2 Å². The number of hydrogen-bond donors (Lipinski definition) is 1. The van der Waals surface area contributed by atoms with Gasteiger partial charge in [-0.05, 0) is 54.9 Å². The molecule has 0 spiro atoms. The van der Waals surface area contributed by atoms with E-state index in [2.05, 4.69) is 13.8 Å². The van der Waals surface area contributed by atoms with Gasteiger partial charge >= 0.3 is 0 Å². The fourth-order valence-electron chi connectivity index (χ4n) is 3.44. The lowest BCUT2D eigenvalue weighted by molar-refractivity contribution is 0.181. The van der Waals surface area contributed by atoms with E-state index in [4.69, 9.17) is 22.1 Å². The van der Waals surface area contributed by atoms with E-state index >= 15 is 0 Å². The molecule has 112 valence electrons. The van der Waals surface area contributed by atoms with E-state index in [1.807, 2.05) is 18.2 Å². The quantitative estimate of drug-likeness (QED) is 0.891. The first kappa shape index (κ1) is 15.7. The average molecular weight is 296 g/mol. The molecule has 20 heavy (non-hydrogen) atoms. The first-order valence-electron chi connectivity index (χ1n) is 7.55. The summed E-state index contributed by atoms with van der Waals surface area (Å²) in [4.78, 5) is 0. The predicted molar refractivity (Wildman–Crippen MR) is 85.4 cm³/mol. The summed E-state index contributed by atoms with van der Waals surface area (Å²) in [6.45, 7) is 4.60. The van der Waals surface area contributed by atoms with E-state index in [0.29, 0.717) is 5.92 Å². The second-order valence-electron chi connectivity index (χ2n) is 6.60. The summed E-state index contributed by atoms with van der Waals surface area (Å²) < 4.78 is 5.45. The smallest absolute Gasteiger partial charge is 0.122 e. The molecule has 1 aromatic rings. The van der Waals surface area contributed by atoms with Crippen molar-refractivity contribution in [1.29, 1.82) is 0 Å². The molecule has 2 atom stereocenters. The van der Waals surface area contributed by atoms with Crippen LogP contribution in [0.25, 0.3) is 0 Å². The molecule has 0 aromatic heterocycles. The Labute approximate surface area is 127 Å². The van der Waals surface area contributed by atoms with Gasteiger partial charge < -0.3 is 10.5 Å². The predicted octanol–water partition coefficient (Wildman–Crippen LogP) is 4.43. The second-order valence-corrected chi connectivity index (χ2v) is 7.03. The molecule has 1 saturated carbocycles. The zero-order valence-corrected chi connectivity index (χ0v) is 13.5. The van der Waals surface area contributed by atoms with Crippen LogP contribution in [-0.2, 0) is 6.42 Å². The van der Waals surface area contributed by atoms with Gasteiger partial charge in [-0.2, -0.15) is 0 Å². The Morgan fingerprint density at radius 3 is 2.85 bits per heavy atom. The van der Waals surface area contributed by atoms with Gasteiger partial charge in [0.15, 0.2) is 0 Å². The maximum absolute atomic E-state index is 6.69. The Morgan fingerprint density at radius 1 is 1.45 bits per heavy atom. The van der Waals surface area contributed by atoms with Crippen LogP contribution in [0.2, 0.25) is 5.02 Å². The van der Waals surface area contributed by atoms with Crippen LogP contribution in [0.1, 0.15) is 45.1 Å². The number of benzene rings is 1. The molecule has 0 heterocycles. The molecular weight excluding hydrogens is 270 g/mol. The third-order valence-electron chi connectivity index (χ3n) is 4.65. The lowest BCUT2D eigenvalue weighted by Crippen LogP contribution is -2.47. The molecule has 0 radical (unpaired) electrons. The maximum Gasteiger partial charge on any atom is 0.122 e. The largest absolute Gasteiger partial charge is 0.496 e. The molecule has 1 aliphatic rings. The molecular formula is C17H26ClNO. The second kappa shape index (κ2) is 6.36. The Kier molecular flexibility index (Phi) is 4.98. The van der Waals surface area contributed by atoms with E-state index in [1.54, 1.807) is 7.11 Å². The molecule has 0 saturated heterocycles. The van der Waals surface area contributed by atoms with Gasteiger partial charge in [0.1, 0.15) is 5.75 Å². The highest BCUT2D eigenvalue weighted by Gasteiger charge is 2.34. The average Bonchev–Trinajstić information content (AvgIpc) is 2.38. The minimum atomic E-state index is -0.120. The Morgan fingerprint density at radius 2 is 2.20 bits per heavy atom. The van der Waals surface area contributed by atoms with Gasteiger partial charge in [0, 0.05) is 10.6 Å². The number of halogens is 1. The Balaban J connectivity index is 2.17. The van der Waals surface area contributed by atoms with Crippen molar-refractivity contribution in [3.8, 4) is 5.75 Å². The SMILES string of the molecule is COc1ccc(Cl)cc1CC1(N)CCCC(C(C)C)C1. The molecule has 3 heteroatoms. The van der Waals surface area contributed by atoms with Crippen LogP contribution in [0.3, 0.4) is 0 Å². The van der Waals surface area contributed by atoms with Crippen LogP contribution >= 0.6 is 11.6 Å². The van der Waals surface area contributed by atoms with E-state index in [1.165, 1.54) is 12.8 Å². The van der Waals surface area contributed by atoms with E-state index < -0.39 is 0 Å². The lowest BCUT2D eigenvalue weighted by atomic mass is 9.70. The van der Waals surface area contributed by atoms with Gasteiger partial charge in [-0.1, -0.05) is 38.3 Å². The summed E-state index contributed by atoms with van der Waals surface area (Å²) in [5.74, 6) is 2.34. The molecule has 2 N–H and O–H groups in total. The van der Waals surface area contributed by atoms with Crippen molar-refractivity contribution in [1.82, 2.24) is 0 Å². The van der Waals surface area contributed by atoms with E-state index in [0.717, 1.165) is 41.5 Å². The highest BCUT2D eigenvalue weighted by molar-refractivity contribution is 6.30. The fourth-order valence-corrected chi connectivity index (χ4v) is 3.63. The van der Waals surface area contributed by atoms with Gasteiger partial charge in [-0.25, -0.2) is 0 Å². The number of methoxy groups -OCH3 is 1. The van der Waals surface area contributed by atoms with Crippen LogP contribution < -0.4 is 10.5 Å². The normalized spacial score (nSPS) is 26.8. The van der Waals surface area contributed by atoms with Crippen molar-refractivity contribution < 1.29 is 4.74 Å². The van der Waals surface area contributed by atoms with Crippen molar-refractivity contribution in [2.24, 2.45) is 17.6 Å². The van der Waals surface area contributed by atoms with Gasteiger partial charge in [0.05, 0.1) is 7.11 Å². The summed E-state index contributed by atoms with van der Waals surface area (Å²) in [6, 6.07) is 5.79. The molecule has 1 aromatic carbocycles. The van der Waals surface area contributed by atoms with Crippen LogP contribution in [0.4, 0.5) is 0 Å². The monoisotopic (exact) mass is 295 g/mol. The van der Waals surface area contributed by atoms with Crippen LogP contribution in [0.15, 0.2) is 18.2 Å². The molecule has 0 bridgehead atoms. The zero-order chi connectivity index (χ0) is 14.8. The van der Waals surface area contributed by atoms with Crippen molar-refractivity contribution in [3.05, 3.63) is 28.8 Å². The molecule has 2 nitrogen and oxygen atoms in total. The summed E-state index contributed by atoms with van der Waals surface area (Å²) in [5, 5.41) is 0.751. The number of hydrogen-bond acceptors (Lipinski definition) is 2. The number of ether oxygens (including phenoxy) is 1. The Hall–Kier alpha value is -0.730. The van der Waals surface area contributed by atoms with Gasteiger partial charge in [0.25, 0.3) is 0 Å². The molecule has 1 aliphatic carbocycles. The van der Waals surface area contributed by atoms with Gasteiger partial charge in [0.2, 0.25) is 0 Å². The van der Waals surface area contributed by atoms with Gasteiger partial charge in [-0.15, -0.1) is 0 Å². The number of nitrogens with two attached hydrogens (primary N) is 1. The highest BCUT2D eigenvalue weighted by atomic mass is 35.5. The van der Waals surface area contributed by atoms with Crippen LogP contribution in [0, 0.1) is 11.8 Å². The minimum absolute atomic E-state index is 0.120.